The minimum absolute atomic E-state index is 0.0804. The van der Waals surface area contributed by atoms with Crippen LogP contribution in [0.1, 0.15) is 190 Å². The Hall–Kier alpha value is -3.91. The van der Waals surface area contributed by atoms with Gasteiger partial charge in [-0.1, -0.05) is 171 Å². The van der Waals surface area contributed by atoms with Gasteiger partial charge in [0.25, 0.3) is 0 Å². The number of phenols is 1. The molecule has 3 aromatic rings. The number of nitrogens with zero attached hydrogens (tertiary/aromatic N) is 2. The lowest BCUT2D eigenvalue weighted by Crippen LogP contribution is -2.38. The van der Waals surface area contributed by atoms with Gasteiger partial charge < -0.3 is 10.0 Å². The fraction of sp³-hybridized carbons (Fsp3) is 0.607. The number of phenolic OH excluding ortho intramolecular Hbond substituents is 1. The van der Waals surface area contributed by atoms with Crippen molar-refractivity contribution < 1.29 is 14.3 Å². The number of aromatic hydroxyl groups is 1. The molecule has 0 saturated carbocycles. The van der Waals surface area contributed by atoms with E-state index >= 15 is 4.39 Å². The molecule has 3 atom stereocenters. The smallest absolute Gasteiger partial charge is 0.237 e. The number of unbranched alkanes of at least 4 members (excludes halogenated alkanes) is 2. The van der Waals surface area contributed by atoms with Gasteiger partial charge in [0.15, 0.2) is 0 Å². The quantitative estimate of drug-likeness (QED) is 0.103. The second kappa shape index (κ2) is 26.5. The van der Waals surface area contributed by atoms with E-state index in [1.807, 2.05) is 49.9 Å². The van der Waals surface area contributed by atoms with Crippen LogP contribution in [0.5, 0.6) is 5.75 Å². The maximum atomic E-state index is 17.7. The molecule has 0 aliphatic carbocycles. The standard InChI is InChI=1S/C43H55FN2O2.C11H24.C2H6/c1-9-16-35-37(39-41(30(7)8)46(24-21-29(5)6)42(48)43(39,10-2)22-15-17-28(3)4)26-32(19-13-14-23-45)38(40(35)44)36-27-33(47)25-31-18-11-12-20-34(31)36;1-5-8-9-11(7-3)10(4)6-2;1-2/h11-12,18,20,25-29,47H,7,9-10,13-17,19,21-22,24H2,1-6,8H3;10-11H,5-9H2,1-4H3;1-2H3. The third kappa shape index (κ3) is 13.5. The van der Waals surface area contributed by atoms with Crippen molar-refractivity contribution >= 4 is 22.3 Å². The maximum Gasteiger partial charge on any atom is 0.237 e. The zero-order valence-electron chi connectivity index (χ0n) is 41.0. The Bertz CT molecular complexity index is 1920. The van der Waals surface area contributed by atoms with Crippen molar-refractivity contribution in [3.05, 3.63) is 82.8 Å². The molecule has 338 valence electrons. The lowest BCUT2D eigenvalue weighted by molar-refractivity contribution is -0.135. The number of benzene rings is 3. The number of nitriles is 1. The Morgan fingerprint density at radius 3 is 2.10 bits per heavy atom. The molecule has 4 nitrogen and oxygen atoms in total. The number of rotatable bonds is 22. The highest BCUT2D eigenvalue weighted by Gasteiger charge is 2.52. The summed E-state index contributed by atoms with van der Waals surface area (Å²) in [5, 5.41) is 22.0. The molecule has 1 aliphatic heterocycles. The molecule has 4 rings (SSSR count). The van der Waals surface area contributed by atoms with E-state index in [1.54, 1.807) is 12.1 Å². The Kier molecular flexibility index (Phi) is 23.2. The summed E-state index contributed by atoms with van der Waals surface area (Å²) in [5.41, 5.74) is 5.13. The van der Waals surface area contributed by atoms with Crippen LogP contribution in [0.4, 0.5) is 4.39 Å². The van der Waals surface area contributed by atoms with Crippen molar-refractivity contribution in [1.82, 2.24) is 4.90 Å². The highest BCUT2D eigenvalue weighted by atomic mass is 19.1. The third-order valence-electron chi connectivity index (χ3n) is 12.9. The third-order valence-corrected chi connectivity index (χ3v) is 12.9. The largest absolute Gasteiger partial charge is 0.508 e. The van der Waals surface area contributed by atoms with Gasteiger partial charge in [-0.2, -0.15) is 5.26 Å². The number of carbonyl (C=O) groups excluding carboxylic acids is 1. The molecule has 0 radical (unpaired) electrons. The second-order valence-electron chi connectivity index (χ2n) is 18.3. The first-order valence-electron chi connectivity index (χ1n) is 24.3. The van der Waals surface area contributed by atoms with Crippen LogP contribution >= 0.6 is 0 Å². The van der Waals surface area contributed by atoms with Crippen molar-refractivity contribution in [3.63, 3.8) is 0 Å². The maximum absolute atomic E-state index is 17.7. The number of aryl methyl sites for hydroxylation is 1. The molecule has 0 aromatic heterocycles. The molecule has 61 heavy (non-hydrogen) atoms. The predicted octanol–water partition coefficient (Wildman–Crippen LogP) is 16.8. The fourth-order valence-corrected chi connectivity index (χ4v) is 9.31. The number of allylic oxidation sites excluding steroid dienone is 1. The van der Waals surface area contributed by atoms with E-state index in [0.717, 1.165) is 76.3 Å². The molecule has 0 bridgehead atoms. The van der Waals surface area contributed by atoms with Crippen LogP contribution in [0.15, 0.2) is 60.3 Å². The van der Waals surface area contributed by atoms with Gasteiger partial charge in [-0.25, -0.2) is 4.39 Å². The predicted molar refractivity (Wildman–Crippen MR) is 262 cm³/mol. The van der Waals surface area contributed by atoms with Gasteiger partial charge in [0, 0.05) is 18.5 Å². The molecular formula is C56H85FN2O2. The molecule has 1 amide bonds. The summed E-state index contributed by atoms with van der Waals surface area (Å²) in [4.78, 5) is 16.8. The Morgan fingerprint density at radius 2 is 1.54 bits per heavy atom. The van der Waals surface area contributed by atoms with Gasteiger partial charge in [-0.3, -0.25) is 4.79 Å². The molecule has 0 spiro atoms. The molecule has 1 aliphatic rings. The first-order valence-corrected chi connectivity index (χ1v) is 24.3. The SMILES string of the molecule is C=C(C)C1=C(c2cc(CCCC#N)c(-c3cc(O)cc4ccccc34)c(F)c2CCC)C(CC)(CCCC(C)C)C(=O)N1CCC(C)C.CC.CCCCC(CC)C(C)CC. The number of hydrogen-bond acceptors (Lipinski definition) is 3. The average molecular weight is 837 g/mol. The highest BCUT2D eigenvalue weighted by molar-refractivity contribution is 6.06. The van der Waals surface area contributed by atoms with Gasteiger partial charge in [-0.05, 0) is 125 Å². The van der Waals surface area contributed by atoms with E-state index in [1.165, 1.54) is 32.1 Å². The summed E-state index contributed by atoms with van der Waals surface area (Å²) in [6, 6.07) is 15.5. The monoisotopic (exact) mass is 837 g/mol. The summed E-state index contributed by atoms with van der Waals surface area (Å²) >= 11 is 0. The van der Waals surface area contributed by atoms with Crippen LogP contribution in [0.25, 0.3) is 27.5 Å². The summed E-state index contributed by atoms with van der Waals surface area (Å²) in [7, 11) is 0. The summed E-state index contributed by atoms with van der Waals surface area (Å²) < 4.78 is 17.7. The van der Waals surface area contributed by atoms with Gasteiger partial charge in [0.1, 0.15) is 11.6 Å². The van der Waals surface area contributed by atoms with Gasteiger partial charge in [0.2, 0.25) is 5.91 Å². The molecule has 0 fully saturated rings. The van der Waals surface area contributed by atoms with E-state index < -0.39 is 5.41 Å². The fourth-order valence-electron chi connectivity index (χ4n) is 9.31. The first-order chi connectivity index (χ1) is 29.2. The van der Waals surface area contributed by atoms with Gasteiger partial charge >= 0.3 is 0 Å². The number of fused-ring (bicyclic) bond motifs is 1. The van der Waals surface area contributed by atoms with E-state index in [0.29, 0.717) is 73.6 Å². The molecule has 1 N–H and O–H groups in total. The summed E-state index contributed by atoms with van der Waals surface area (Å²) in [6.45, 7) is 33.2. The van der Waals surface area contributed by atoms with Crippen molar-refractivity contribution in [3.8, 4) is 22.9 Å². The Balaban J connectivity index is 0.000000856. The molecular weight excluding hydrogens is 752 g/mol. The Labute approximate surface area is 373 Å². The van der Waals surface area contributed by atoms with Crippen LogP contribution in [0.2, 0.25) is 0 Å². The van der Waals surface area contributed by atoms with E-state index in [2.05, 4.69) is 88.0 Å². The van der Waals surface area contributed by atoms with Crippen LogP contribution < -0.4 is 0 Å². The highest BCUT2D eigenvalue weighted by Crippen LogP contribution is 2.55. The molecule has 3 unspecified atom stereocenters. The van der Waals surface area contributed by atoms with Crippen molar-refractivity contribution in [2.75, 3.05) is 6.54 Å². The normalized spacial score (nSPS) is 16.0. The van der Waals surface area contributed by atoms with E-state index in [-0.39, 0.29) is 17.5 Å². The lowest BCUT2D eigenvalue weighted by atomic mass is 9.69. The second-order valence-corrected chi connectivity index (χ2v) is 18.3. The van der Waals surface area contributed by atoms with E-state index in [9.17, 15) is 15.2 Å². The zero-order valence-corrected chi connectivity index (χ0v) is 41.0. The molecule has 5 heteroatoms. The topological polar surface area (TPSA) is 64.3 Å². The van der Waals surface area contributed by atoms with Gasteiger partial charge in [0.05, 0.1) is 17.2 Å². The molecule has 3 aromatic carbocycles. The summed E-state index contributed by atoms with van der Waals surface area (Å²) in [5.74, 6) is 2.74. The number of halogens is 1. The van der Waals surface area contributed by atoms with E-state index in [4.69, 9.17) is 0 Å². The number of amides is 1. The zero-order chi connectivity index (χ0) is 45.9. The summed E-state index contributed by atoms with van der Waals surface area (Å²) in [6.07, 6.45) is 13.7. The minimum Gasteiger partial charge on any atom is -0.508 e. The van der Waals surface area contributed by atoms with Crippen LogP contribution in [0.3, 0.4) is 0 Å². The first kappa shape index (κ1) is 53.2. The Morgan fingerprint density at radius 1 is 0.869 bits per heavy atom. The van der Waals surface area contributed by atoms with Crippen LogP contribution in [0, 0.1) is 46.2 Å². The van der Waals surface area contributed by atoms with Crippen molar-refractivity contribution in [2.24, 2.45) is 29.1 Å². The van der Waals surface area contributed by atoms with Crippen molar-refractivity contribution in [1.29, 1.82) is 5.26 Å². The lowest BCUT2D eigenvalue weighted by Gasteiger charge is -2.32. The van der Waals surface area contributed by atoms with Crippen molar-refractivity contribution in [2.45, 2.75) is 186 Å². The van der Waals surface area contributed by atoms with Gasteiger partial charge in [-0.15, -0.1) is 0 Å². The number of hydrogen-bond donors (Lipinski definition) is 1. The number of carbonyl (C=O) groups is 1. The average Bonchev–Trinajstić information content (AvgIpc) is 3.48. The van der Waals surface area contributed by atoms with Crippen LogP contribution in [-0.4, -0.2) is 22.5 Å². The molecule has 1 heterocycles. The molecule has 0 saturated heterocycles. The minimum atomic E-state index is -0.793. The van der Waals surface area contributed by atoms with Crippen LogP contribution in [-0.2, 0) is 17.6 Å².